The van der Waals surface area contributed by atoms with Gasteiger partial charge in [-0.05, 0) is 50.6 Å². The van der Waals surface area contributed by atoms with Crippen molar-refractivity contribution in [2.45, 2.75) is 20.3 Å². The SMILES string of the molecule is Cc1ccc(-c2cc(C(=O)NCCCN3CCN(c4cccc(Cl)c4Cl)CC3)c(C)n2C)cc1. The number of halogens is 2. The predicted molar refractivity (Wildman–Crippen MR) is 142 cm³/mol. The molecule has 3 aromatic rings. The van der Waals surface area contributed by atoms with E-state index in [2.05, 4.69) is 50.9 Å². The quantitative estimate of drug-likeness (QED) is 0.433. The first-order chi connectivity index (χ1) is 16.3. The highest BCUT2D eigenvalue weighted by Gasteiger charge is 2.20. The zero-order valence-electron chi connectivity index (χ0n) is 20.1. The van der Waals surface area contributed by atoms with E-state index in [1.54, 1.807) is 0 Å². The average molecular weight is 499 g/mol. The fraction of sp³-hybridized carbons (Fsp3) is 0.370. The molecule has 1 fully saturated rings. The Morgan fingerprint density at radius 2 is 1.71 bits per heavy atom. The van der Waals surface area contributed by atoms with Gasteiger partial charge in [0.15, 0.2) is 0 Å². The molecule has 4 rings (SSSR count). The minimum Gasteiger partial charge on any atom is -0.368 e. The van der Waals surface area contributed by atoms with E-state index >= 15 is 0 Å². The van der Waals surface area contributed by atoms with Crippen molar-refractivity contribution in [3.63, 3.8) is 0 Å². The Balaban J connectivity index is 1.25. The molecule has 180 valence electrons. The van der Waals surface area contributed by atoms with Crippen molar-refractivity contribution in [1.29, 1.82) is 0 Å². The monoisotopic (exact) mass is 498 g/mol. The number of nitrogens with one attached hydrogen (secondary N) is 1. The van der Waals surface area contributed by atoms with E-state index in [1.165, 1.54) is 5.56 Å². The molecule has 0 atom stereocenters. The zero-order chi connectivity index (χ0) is 24.2. The average Bonchev–Trinajstić information content (AvgIpc) is 3.14. The molecule has 0 unspecified atom stereocenters. The summed E-state index contributed by atoms with van der Waals surface area (Å²) in [7, 11) is 2.01. The van der Waals surface area contributed by atoms with Gasteiger partial charge in [-0.1, -0.05) is 59.1 Å². The van der Waals surface area contributed by atoms with E-state index in [0.29, 0.717) is 16.6 Å². The van der Waals surface area contributed by atoms with Gasteiger partial charge in [-0.25, -0.2) is 0 Å². The number of hydrogen-bond acceptors (Lipinski definition) is 3. The third-order valence-electron chi connectivity index (χ3n) is 6.71. The van der Waals surface area contributed by atoms with Gasteiger partial charge in [0.2, 0.25) is 0 Å². The van der Waals surface area contributed by atoms with Crippen LogP contribution in [0, 0.1) is 13.8 Å². The van der Waals surface area contributed by atoms with E-state index < -0.39 is 0 Å². The van der Waals surface area contributed by atoms with Crippen molar-refractivity contribution >= 4 is 34.8 Å². The molecule has 0 spiro atoms. The van der Waals surface area contributed by atoms with Crippen LogP contribution in [-0.2, 0) is 7.05 Å². The molecule has 1 aliphatic rings. The van der Waals surface area contributed by atoms with Gasteiger partial charge < -0.3 is 14.8 Å². The van der Waals surface area contributed by atoms with Gasteiger partial charge in [0.05, 0.1) is 21.3 Å². The summed E-state index contributed by atoms with van der Waals surface area (Å²) in [6, 6.07) is 16.2. The highest BCUT2D eigenvalue weighted by Crippen LogP contribution is 2.33. The van der Waals surface area contributed by atoms with Gasteiger partial charge >= 0.3 is 0 Å². The Hall–Kier alpha value is -2.47. The first-order valence-electron chi connectivity index (χ1n) is 11.8. The summed E-state index contributed by atoms with van der Waals surface area (Å²) in [5.74, 6) is -0.00752. The van der Waals surface area contributed by atoms with E-state index in [0.717, 1.165) is 67.3 Å². The van der Waals surface area contributed by atoms with Crippen molar-refractivity contribution in [3.8, 4) is 11.3 Å². The van der Waals surface area contributed by atoms with Crippen LogP contribution in [0.2, 0.25) is 10.0 Å². The maximum absolute atomic E-state index is 12.9. The van der Waals surface area contributed by atoms with Crippen LogP contribution in [0.25, 0.3) is 11.3 Å². The van der Waals surface area contributed by atoms with Crippen molar-refractivity contribution in [1.82, 2.24) is 14.8 Å². The van der Waals surface area contributed by atoms with Crippen molar-refractivity contribution < 1.29 is 4.79 Å². The number of carbonyl (C=O) groups is 1. The lowest BCUT2D eigenvalue weighted by Gasteiger charge is -2.36. The number of hydrogen-bond donors (Lipinski definition) is 1. The Labute approximate surface area is 212 Å². The molecule has 5 nitrogen and oxygen atoms in total. The third-order valence-corrected chi connectivity index (χ3v) is 7.52. The lowest BCUT2D eigenvalue weighted by Crippen LogP contribution is -2.47. The van der Waals surface area contributed by atoms with Crippen LogP contribution in [0.3, 0.4) is 0 Å². The number of carbonyl (C=O) groups excluding carboxylic acids is 1. The number of aromatic nitrogens is 1. The van der Waals surface area contributed by atoms with Crippen LogP contribution < -0.4 is 10.2 Å². The molecule has 1 N–H and O–H groups in total. The molecule has 0 aliphatic carbocycles. The number of benzene rings is 2. The molecule has 0 radical (unpaired) electrons. The van der Waals surface area contributed by atoms with Gasteiger partial charge in [-0.2, -0.15) is 0 Å². The summed E-state index contributed by atoms with van der Waals surface area (Å²) >= 11 is 12.5. The molecule has 1 aromatic heterocycles. The standard InChI is InChI=1S/C27H32Cl2N4O/c1-19-8-10-21(11-9-19)25-18-22(20(2)31(25)3)27(34)30-12-5-13-32-14-16-33(17-15-32)24-7-4-6-23(28)26(24)29/h4,6-11,18H,5,12-17H2,1-3H3,(H,30,34). The largest absolute Gasteiger partial charge is 0.368 e. The highest BCUT2D eigenvalue weighted by atomic mass is 35.5. The molecule has 0 bridgehead atoms. The number of aryl methyl sites for hydroxylation is 1. The number of amides is 1. The molecule has 1 amide bonds. The van der Waals surface area contributed by atoms with Crippen LogP contribution in [-0.4, -0.2) is 54.6 Å². The molecule has 7 heteroatoms. The molecule has 2 aromatic carbocycles. The minimum absolute atomic E-state index is 0.00752. The highest BCUT2D eigenvalue weighted by molar-refractivity contribution is 6.43. The van der Waals surface area contributed by atoms with Crippen LogP contribution in [0.15, 0.2) is 48.5 Å². The summed E-state index contributed by atoms with van der Waals surface area (Å²) in [5.41, 5.74) is 6.12. The molecule has 0 saturated carbocycles. The number of rotatable bonds is 7. The maximum Gasteiger partial charge on any atom is 0.253 e. The van der Waals surface area contributed by atoms with Crippen LogP contribution in [0.4, 0.5) is 5.69 Å². The minimum atomic E-state index is -0.00752. The predicted octanol–water partition coefficient (Wildman–Crippen LogP) is 5.56. The number of nitrogens with zero attached hydrogens (tertiary/aromatic N) is 3. The van der Waals surface area contributed by atoms with E-state index in [9.17, 15) is 4.79 Å². The van der Waals surface area contributed by atoms with Gasteiger partial charge in [0.1, 0.15) is 0 Å². The normalized spacial score (nSPS) is 14.4. The zero-order valence-corrected chi connectivity index (χ0v) is 21.6. The first kappa shape index (κ1) is 24.6. The Morgan fingerprint density at radius 1 is 1.00 bits per heavy atom. The van der Waals surface area contributed by atoms with Crippen molar-refractivity contribution in [3.05, 3.63) is 75.4 Å². The summed E-state index contributed by atoms with van der Waals surface area (Å²) in [4.78, 5) is 17.6. The lowest BCUT2D eigenvalue weighted by atomic mass is 10.1. The molecule has 2 heterocycles. The second-order valence-electron chi connectivity index (χ2n) is 8.96. The number of anilines is 1. The lowest BCUT2D eigenvalue weighted by molar-refractivity contribution is 0.0951. The molecular weight excluding hydrogens is 467 g/mol. The van der Waals surface area contributed by atoms with Crippen LogP contribution in [0.1, 0.15) is 28.0 Å². The Morgan fingerprint density at radius 3 is 2.41 bits per heavy atom. The van der Waals surface area contributed by atoms with Gasteiger partial charge in [-0.15, -0.1) is 0 Å². The maximum atomic E-state index is 12.9. The topological polar surface area (TPSA) is 40.5 Å². The van der Waals surface area contributed by atoms with Gasteiger partial charge in [-0.3, -0.25) is 9.69 Å². The second-order valence-corrected chi connectivity index (χ2v) is 9.75. The fourth-order valence-corrected chi connectivity index (χ4v) is 4.89. The van der Waals surface area contributed by atoms with Crippen molar-refractivity contribution in [2.75, 3.05) is 44.2 Å². The summed E-state index contributed by atoms with van der Waals surface area (Å²) in [6.45, 7) is 9.46. The van der Waals surface area contributed by atoms with Crippen LogP contribution >= 0.6 is 23.2 Å². The van der Waals surface area contributed by atoms with E-state index in [4.69, 9.17) is 23.2 Å². The van der Waals surface area contributed by atoms with E-state index in [-0.39, 0.29) is 5.91 Å². The molecular formula is C27H32Cl2N4O. The Kier molecular flexibility index (Phi) is 7.87. The summed E-state index contributed by atoms with van der Waals surface area (Å²) < 4.78 is 2.09. The molecule has 1 saturated heterocycles. The smallest absolute Gasteiger partial charge is 0.253 e. The summed E-state index contributed by atoms with van der Waals surface area (Å²) in [5, 5.41) is 4.33. The van der Waals surface area contributed by atoms with Crippen LogP contribution in [0.5, 0.6) is 0 Å². The fourth-order valence-electron chi connectivity index (χ4n) is 4.48. The van der Waals surface area contributed by atoms with E-state index in [1.807, 2.05) is 38.2 Å². The third kappa shape index (κ3) is 5.43. The second kappa shape index (κ2) is 10.9. The number of piperazine rings is 1. The molecule has 1 aliphatic heterocycles. The van der Waals surface area contributed by atoms with Crippen molar-refractivity contribution in [2.24, 2.45) is 7.05 Å². The molecule has 34 heavy (non-hydrogen) atoms. The summed E-state index contributed by atoms with van der Waals surface area (Å²) in [6.07, 6.45) is 0.917. The Bertz CT molecular complexity index is 1150. The van der Waals surface area contributed by atoms with Gasteiger partial charge in [0.25, 0.3) is 5.91 Å². The first-order valence-corrected chi connectivity index (χ1v) is 12.5. The van der Waals surface area contributed by atoms with Gasteiger partial charge in [0, 0.05) is 51.2 Å².